The van der Waals surface area contributed by atoms with E-state index < -0.39 is 0 Å². The Kier molecular flexibility index (Phi) is 13.3. The molecule has 0 spiro atoms. The fraction of sp³-hybridized carbons (Fsp3) is 0.447. The zero-order valence-corrected chi connectivity index (χ0v) is 29.7. The number of nitrogens with zero attached hydrogens (tertiary/aromatic N) is 2. The first-order valence-electron chi connectivity index (χ1n) is 16.5. The summed E-state index contributed by atoms with van der Waals surface area (Å²) in [5.41, 5.74) is 4.36. The van der Waals surface area contributed by atoms with Crippen LogP contribution >= 0.6 is 15.9 Å². The Hall–Kier alpha value is -3.65. The molecule has 0 fully saturated rings. The van der Waals surface area contributed by atoms with Gasteiger partial charge in [0.05, 0.1) is 31.2 Å². The molecule has 0 bridgehead atoms. The molecule has 0 saturated carbocycles. The first kappa shape index (κ1) is 35.2. The molecule has 7 nitrogen and oxygen atoms in total. The molecule has 8 heteroatoms. The first-order valence-corrected chi connectivity index (χ1v) is 17.3. The highest BCUT2D eigenvalue weighted by molar-refractivity contribution is 9.10. The van der Waals surface area contributed by atoms with E-state index in [1.54, 1.807) is 7.11 Å². The van der Waals surface area contributed by atoms with E-state index in [0.717, 1.165) is 70.8 Å². The third kappa shape index (κ3) is 10.2. The van der Waals surface area contributed by atoms with Crippen LogP contribution in [0.1, 0.15) is 94.3 Å². The molecule has 1 aromatic heterocycles. The Labute approximate surface area is 283 Å². The fourth-order valence-electron chi connectivity index (χ4n) is 5.57. The number of rotatable bonds is 17. The van der Waals surface area contributed by atoms with Gasteiger partial charge in [0.1, 0.15) is 11.6 Å². The highest BCUT2D eigenvalue weighted by Crippen LogP contribution is 2.35. The smallest absolute Gasteiger partial charge is 0.227 e. The van der Waals surface area contributed by atoms with Crippen LogP contribution in [0.25, 0.3) is 10.9 Å². The van der Waals surface area contributed by atoms with Crippen LogP contribution in [0.3, 0.4) is 0 Å². The van der Waals surface area contributed by atoms with Crippen molar-refractivity contribution < 1.29 is 14.3 Å². The number of fused-ring (bicyclic) bond motifs is 1. The molecule has 2 atom stereocenters. The average molecular weight is 690 g/mol. The molecule has 4 aromatic rings. The van der Waals surface area contributed by atoms with Crippen LogP contribution in [0.15, 0.2) is 65.1 Å². The van der Waals surface area contributed by atoms with Gasteiger partial charge in [-0.1, -0.05) is 85.4 Å². The fourth-order valence-corrected chi connectivity index (χ4v) is 5.99. The number of aromatic nitrogens is 2. The van der Waals surface area contributed by atoms with Gasteiger partial charge in [-0.05, 0) is 80.8 Å². The SMILES string of the molecule is COc1cc2c(N[C@H](C)c3cccc(Br)c3)nc(C)nc2cc1OCCCCCCCNC(=O)[C@H](C)c1ccc(CC(C)C)cc1. The Morgan fingerprint density at radius 1 is 0.870 bits per heavy atom. The zero-order valence-electron chi connectivity index (χ0n) is 28.2. The summed E-state index contributed by atoms with van der Waals surface area (Å²) < 4.78 is 12.9. The van der Waals surface area contributed by atoms with Crippen LogP contribution in [-0.2, 0) is 11.2 Å². The van der Waals surface area contributed by atoms with Crippen LogP contribution in [0.5, 0.6) is 11.5 Å². The Morgan fingerprint density at radius 3 is 2.33 bits per heavy atom. The lowest BCUT2D eigenvalue weighted by molar-refractivity contribution is -0.122. The van der Waals surface area contributed by atoms with Gasteiger partial charge < -0.3 is 20.1 Å². The predicted molar refractivity (Wildman–Crippen MR) is 192 cm³/mol. The van der Waals surface area contributed by atoms with E-state index in [1.807, 2.05) is 38.1 Å². The number of nitrogens with one attached hydrogen (secondary N) is 2. The minimum Gasteiger partial charge on any atom is -0.493 e. The number of hydrogen-bond donors (Lipinski definition) is 2. The molecule has 0 aliphatic carbocycles. The van der Waals surface area contributed by atoms with E-state index >= 15 is 0 Å². The van der Waals surface area contributed by atoms with Crippen molar-refractivity contribution in [2.75, 3.05) is 25.6 Å². The Bertz CT molecular complexity index is 1570. The second kappa shape index (κ2) is 17.3. The first-order chi connectivity index (χ1) is 22.1. The van der Waals surface area contributed by atoms with Gasteiger partial charge in [-0.2, -0.15) is 0 Å². The van der Waals surface area contributed by atoms with Crippen LogP contribution in [-0.4, -0.2) is 36.1 Å². The summed E-state index contributed by atoms with van der Waals surface area (Å²) in [4.78, 5) is 22.0. The summed E-state index contributed by atoms with van der Waals surface area (Å²) in [6.45, 7) is 11.7. The molecule has 4 rings (SSSR count). The lowest BCUT2D eigenvalue weighted by Gasteiger charge is -2.18. The Balaban J connectivity index is 1.20. The maximum absolute atomic E-state index is 12.7. The standard InChI is InChI=1S/C38H49BrN4O3/c1-25(2)21-29-15-17-30(18-16-29)26(3)38(44)40-19-10-8-7-9-11-20-46-36-24-34-33(23-35(36)45-6)37(43-28(5)42-34)41-27(4)31-13-12-14-32(39)22-31/h12-18,22-27H,7-11,19-21H2,1-6H3,(H,40,44)(H,41,42,43)/t26-,27-/m1/s1. The zero-order chi connectivity index (χ0) is 33.1. The van der Waals surface area contributed by atoms with Crippen molar-refractivity contribution in [3.05, 3.63) is 87.7 Å². The number of aryl methyl sites for hydroxylation is 1. The van der Waals surface area contributed by atoms with E-state index in [2.05, 4.69) is 88.7 Å². The maximum Gasteiger partial charge on any atom is 0.227 e. The number of halogens is 1. The van der Waals surface area contributed by atoms with Crippen LogP contribution in [0.4, 0.5) is 5.82 Å². The van der Waals surface area contributed by atoms with Crippen molar-refractivity contribution >= 4 is 38.6 Å². The normalized spacial score (nSPS) is 12.6. The van der Waals surface area contributed by atoms with E-state index in [-0.39, 0.29) is 17.9 Å². The van der Waals surface area contributed by atoms with Gasteiger partial charge in [0.2, 0.25) is 5.91 Å². The Morgan fingerprint density at radius 2 is 1.61 bits per heavy atom. The van der Waals surface area contributed by atoms with Crippen molar-refractivity contribution in [1.29, 1.82) is 0 Å². The molecule has 0 radical (unpaired) electrons. The van der Waals surface area contributed by atoms with Crippen molar-refractivity contribution in [3.63, 3.8) is 0 Å². The third-order valence-electron chi connectivity index (χ3n) is 8.19. The van der Waals surface area contributed by atoms with E-state index in [0.29, 0.717) is 36.4 Å². The molecule has 0 aliphatic rings. The molecule has 246 valence electrons. The summed E-state index contributed by atoms with van der Waals surface area (Å²) in [5, 5.41) is 7.55. The van der Waals surface area contributed by atoms with E-state index in [1.165, 1.54) is 5.56 Å². The van der Waals surface area contributed by atoms with Gasteiger partial charge in [0, 0.05) is 22.5 Å². The van der Waals surface area contributed by atoms with E-state index in [9.17, 15) is 4.79 Å². The minimum absolute atomic E-state index is 0.0501. The van der Waals surface area contributed by atoms with Gasteiger partial charge in [-0.15, -0.1) is 0 Å². The summed E-state index contributed by atoms with van der Waals surface area (Å²) in [6, 6.07) is 20.7. The highest BCUT2D eigenvalue weighted by atomic mass is 79.9. The number of carbonyl (C=O) groups excluding carboxylic acids is 1. The van der Waals surface area contributed by atoms with Gasteiger partial charge in [-0.25, -0.2) is 9.97 Å². The number of methoxy groups -OCH3 is 1. The molecule has 3 aromatic carbocycles. The van der Waals surface area contributed by atoms with Gasteiger partial charge >= 0.3 is 0 Å². The third-order valence-corrected chi connectivity index (χ3v) is 8.68. The number of hydrogen-bond acceptors (Lipinski definition) is 6. The molecule has 1 heterocycles. The topological polar surface area (TPSA) is 85.4 Å². The molecular weight excluding hydrogens is 640 g/mol. The molecular formula is C38H49BrN4O3. The van der Waals surface area contributed by atoms with Crippen molar-refractivity contribution in [3.8, 4) is 11.5 Å². The second-order valence-corrected chi connectivity index (χ2v) is 13.4. The monoisotopic (exact) mass is 688 g/mol. The molecule has 0 saturated heterocycles. The molecule has 0 unspecified atom stereocenters. The summed E-state index contributed by atoms with van der Waals surface area (Å²) in [5.74, 6) is 3.38. The summed E-state index contributed by atoms with van der Waals surface area (Å²) in [6.07, 6.45) is 6.21. The van der Waals surface area contributed by atoms with Crippen molar-refractivity contribution in [1.82, 2.24) is 15.3 Å². The summed E-state index contributed by atoms with van der Waals surface area (Å²) in [7, 11) is 1.66. The number of unbranched alkanes of at least 4 members (excludes halogenated alkanes) is 4. The quantitative estimate of drug-likeness (QED) is 0.108. The van der Waals surface area contributed by atoms with Gasteiger partial charge in [0.15, 0.2) is 11.5 Å². The van der Waals surface area contributed by atoms with Crippen LogP contribution in [0, 0.1) is 12.8 Å². The number of carbonyl (C=O) groups is 1. The lowest BCUT2D eigenvalue weighted by Crippen LogP contribution is -2.28. The molecule has 46 heavy (non-hydrogen) atoms. The van der Waals surface area contributed by atoms with Crippen molar-refractivity contribution in [2.24, 2.45) is 5.92 Å². The highest BCUT2D eigenvalue weighted by Gasteiger charge is 2.16. The molecule has 0 aliphatic heterocycles. The predicted octanol–water partition coefficient (Wildman–Crippen LogP) is 9.33. The number of anilines is 1. The van der Waals surface area contributed by atoms with E-state index in [4.69, 9.17) is 14.5 Å². The van der Waals surface area contributed by atoms with Crippen LogP contribution in [0.2, 0.25) is 0 Å². The molecule has 1 amide bonds. The maximum atomic E-state index is 12.7. The molecule has 2 N–H and O–H groups in total. The van der Waals surface area contributed by atoms with Gasteiger partial charge in [0.25, 0.3) is 0 Å². The van der Waals surface area contributed by atoms with Crippen molar-refractivity contribution in [2.45, 2.75) is 85.1 Å². The van der Waals surface area contributed by atoms with Crippen LogP contribution < -0.4 is 20.1 Å². The largest absolute Gasteiger partial charge is 0.493 e. The summed E-state index contributed by atoms with van der Waals surface area (Å²) >= 11 is 3.56. The number of ether oxygens (including phenoxy) is 2. The number of benzene rings is 3. The van der Waals surface area contributed by atoms with Gasteiger partial charge in [-0.3, -0.25) is 4.79 Å². The second-order valence-electron chi connectivity index (χ2n) is 12.5. The number of amides is 1. The average Bonchev–Trinajstić information content (AvgIpc) is 3.03. The lowest BCUT2D eigenvalue weighted by atomic mass is 9.96. The minimum atomic E-state index is -0.143.